The largest absolute Gasteiger partial charge is 0.455 e. The van der Waals surface area contributed by atoms with Crippen LogP contribution in [0.5, 0.6) is 0 Å². The number of furan rings is 1. The highest BCUT2D eigenvalue weighted by Gasteiger charge is 2.45. The van der Waals surface area contributed by atoms with Crippen LogP contribution < -0.4 is 0 Å². The minimum atomic E-state index is -0.952. The summed E-state index contributed by atoms with van der Waals surface area (Å²) in [5, 5.41) is 5.16. The average molecular weight is 285 g/mol. The fourth-order valence-corrected chi connectivity index (χ4v) is 2.63. The van der Waals surface area contributed by atoms with E-state index in [-0.39, 0.29) is 6.10 Å². The maximum atomic E-state index is 6.03. The van der Waals surface area contributed by atoms with Crippen LogP contribution in [0.2, 0.25) is 0 Å². The molecule has 3 heterocycles. The maximum Gasteiger partial charge on any atom is 0.249 e. The summed E-state index contributed by atoms with van der Waals surface area (Å²) < 4.78 is 19.6. The molecule has 2 atom stereocenters. The molecule has 1 aliphatic heterocycles. The lowest BCUT2D eigenvalue weighted by Gasteiger charge is -2.25. The first-order valence-corrected chi connectivity index (χ1v) is 6.88. The van der Waals surface area contributed by atoms with E-state index in [1.165, 1.54) is 6.33 Å². The van der Waals surface area contributed by atoms with Crippen molar-refractivity contribution in [2.75, 3.05) is 6.61 Å². The summed E-state index contributed by atoms with van der Waals surface area (Å²) in [7, 11) is 0. The predicted molar refractivity (Wildman–Crippen MR) is 74.4 cm³/mol. The second kappa shape index (κ2) is 4.68. The number of nitrogens with zero attached hydrogens (tertiary/aromatic N) is 3. The van der Waals surface area contributed by atoms with Crippen LogP contribution in [0.1, 0.15) is 12.7 Å². The normalized spacial score (nSPS) is 25.7. The highest BCUT2D eigenvalue weighted by atomic mass is 16.8. The molecule has 0 spiro atoms. The molecule has 1 aromatic carbocycles. The highest BCUT2D eigenvalue weighted by Crippen LogP contribution is 2.38. The summed E-state index contributed by atoms with van der Waals surface area (Å²) in [6, 6.07) is 9.82. The van der Waals surface area contributed by atoms with Crippen molar-refractivity contribution in [2.45, 2.75) is 25.4 Å². The van der Waals surface area contributed by atoms with E-state index in [1.54, 1.807) is 11.0 Å². The van der Waals surface area contributed by atoms with E-state index in [4.69, 9.17) is 13.9 Å². The summed E-state index contributed by atoms with van der Waals surface area (Å²) in [5.74, 6) is -0.296. The number of hydrogen-bond donors (Lipinski definition) is 0. The standard InChI is InChI=1S/C15H15N3O3/c1-11-7-19-15(21-11,8-18-10-16-9-17-18)14-6-12-4-2-3-5-13(12)20-14/h2-6,9-11H,7-8H2,1H3/t11-,15+/m0/s1. The molecule has 0 bridgehead atoms. The van der Waals surface area contributed by atoms with Crippen molar-refractivity contribution in [3.8, 4) is 0 Å². The summed E-state index contributed by atoms with van der Waals surface area (Å²) in [6.07, 6.45) is 3.13. The molecule has 0 unspecified atom stereocenters. The fourth-order valence-electron chi connectivity index (χ4n) is 2.63. The Kier molecular flexibility index (Phi) is 2.80. The molecule has 1 aliphatic rings. The Balaban J connectivity index is 1.78. The van der Waals surface area contributed by atoms with Gasteiger partial charge in [-0.2, -0.15) is 5.10 Å². The summed E-state index contributed by atoms with van der Waals surface area (Å²) in [4.78, 5) is 3.96. The number of ether oxygens (including phenoxy) is 2. The smallest absolute Gasteiger partial charge is 0.249 e. The zero-order chi connectivity index (χ0) is 14.3. The van der Waals surface area contributed by atoms with E-state index in [9.17, 15) is 0 Å². The average Bonchev–Trinajstić information content (AvgIpc) is 3.19. The molecule has 1 saturated heterocycles. The van der Waals surface area contributed by atoms with Gasteiger partial charge in [-0.3, -0.25) is 0 Å². The van der Waals surface area contributed by atoms with Gasteiger partial charge in [0.25, 0.3) is 0 Å². The van der Waals surface area contributed by atoms with E-state index < -0.39 is 5.79 Å². The van der Waals surface area contributed by atoms with Gasteiger partial charge in [0, 0.05) is 5.39 Å². The Labute approximate surface area is 121 Å². The quantitative estimate of drug-likeness (QED) is 0.739. The third-order valence-corrected chi connectivity index (χ3v) is 3.58. The number of hydrogen-bond acceptors (Lipinski definition) is 5. The number of rotatable bonds is 3. The molecule has 2 aromatic heterocycles. The van der Waals surface area contributed by atoms with Gasteiger partial charge in [0.2, 0.25) is 5.79 Å². The van der Waals surface area contributed by atoms with Gasteiger partial charge in [-0.05, 0) is 19.1 Å². The minimum absolute atomic E-state index is 0.00161. The molecule has 0 saturated carbocycles. The summed E-state index contributed by atoms with van der Waals surface area (Å²) >= 11 is 0. The molecule has 4 rings (SSSR count). The highest BCUT2D eigenvalue weighted by molar-refractivity contribution is 5.77. The van der Waals surface area contributed by atoms with Gasteiger partial charge in [0.15, 0.2) is 5.76 Å². The van der Waals surface area contributed by atoms with Gasteiger partial charge >= 0.3 is 0 Å². The Hall–Kier alpha value is -2.18. The van der Waals surface area contributed by atoms with Crippen LogP contribution >= 0.6 is 0 Å². The van der Waals surface area contributed by atoms with E-state index in [0.29, 0.717) is 18.9 Å². The van der Waals surface area contributed by atoms with E-state index in [2.05, 4.69) is 10.1 Å². The molecule has 6 heteroatoms. The van der Waals surface area contributed by atoms with Crippen LogP contribution in [-0.4, -0.2) is 27.5 Å². The van der Waals surface area contributed by atoms with E-state index in [0.717, 1.165) is 11.0 Å². The van der Waals surface area contributed by atoms with Gasteiger partial charge in [-0.15, -0.1) is 0 Å². The first-order chi connectivity index (χ1) is 10.3. The van der Waals surface area contributed by atoms with Crippen LogP contribution in [-0.2, 0) is 21.8 Å². The number of benzene rings is 1. The fraction of sp³-hybridized carbons (Fsp3) is 0.333. The predicted octanol–water partition coefficient (Wildman–Crippen LogP) is 2.31. The molecule has 0 aliphatic carbocycles. The van der Waals surface area contributed by atoms with Crippen LogP contribution in [0.3, 0.4) is 0 Å². The SMILES string of the molecule is C[C@H]1CO[C@@](Cn2cncn2)(c2cc3ccccc3o2)O1. The van der Waals surface area contributed by atoms with Crippen molar-refractivity contribution in [1.29, 1.82) is 0 Å². The van der Waals surface area contributed by atoms with E-state index in [1.807, 2.05) is 37.3 Å². The lowest BCUT2D eigenvalue weighted by atomic mass is 10.2. The second-order valence-corrected chi connectivity index (χ2v) is 5.23. The molecule has 1 fully saturated rings. The molecule has 0 N–H and O–H groups in total. The second-order valence-electron chi connectivity index (χ2n) is 5.23. The Morgan fingerprint density at radius 1 is 1.38 bits per heavy atom. The zero-order valence-electron chi connectivity index (χ0n) is 11.6. The van der Waals surface area contributed by atoms with Crippen LogP contribution in [0.15, 0.2) is 47.4 Å². The van der Waals surface area contributed by atoms with Crippen LogP contribution in [0, 0.1) is 0 Å². The molecule has 3 aromatic rings. The monoisotopic (exact) mass is 285 g/mol. The third-order valence-electron chi connectivity index (χ3n) is 3.58. The Morgan fingerprint density at radius 2 is 2.29 bits per heavy atom. The third kappa shape index (κ3) is 2.12. The van der Waals surface area contributed by atoms with Crippen molar-refractivity contribution < 1.29 is 13.9 Å². The molecular weight excluding hydrogens is 270 g/mol. The van der Waals surface area contributed by atoms with Crippen molar-refractivity contribution in [1.82, 2.24) is 14.8 Å². The first kappa shape index (κ1) is 12.6. The molecule has 0 radical (unpaired) electrons. The molecule has 108 valence electrons. The lowest BCUT2D eigenvalue weighted by molar-refractivity contribution is -0.198. The van der Waals surface area contributed by atoms with Crippen LogP contribution in [0.4, 0.5) is 0 Å². The van der Waals surface area contributed by atoms with Crippen molar-refractivity contribution in [3.05, 3.63) is 48.7 Å². The van der Waals surface area contributed by atoms with Crippen molar-refractivity contribution in [3.63, 3.8) is 0 Å². The number of fused-ring (bicyclic) bond motifs is 1. The molecule has 21 heavy (non-hydrogen) atoms. The Bertz CT molecular complexity index is 719. The van der Waals surface area contributed by atoms with Gasteiger partial charge < -0.3 is 13.9 Å². The van der Waals surface area contributed by atoms with Gasteiger partial charge in [0.1, 0.15) is 24.8 Å². The van der Waals surface area contributed by atoms with Gasteiger partial charge in [0.05, 0.1) is 12.7 Å². The van der Waals surface area contributed by atoms with Crippen molar-refractivity contribution >= 4 is 11.0 Å². The minimum Gasteiger partial charge on any atom is -0.455 e. The van der Waals surface area contributed by atoms with Gasteiger partial charge in [-0.1, -0.05) is 18.2 Å². The zero-order valence-corrected chi connectivity index (χ0v) is 11.6. The molecule has 6 nitrogen and oxygen atoms in total. The topological polar surface area (TPSA) is 62.3 Å². The van der Waals surface area contributed by atoms with E-state index >= 15 is 0 Å². The summed E-state index contributed by atoms with van der Waals surface area (Å²) in [6.45, 7) is 2.90. The first-order valence-electron chi connectivity index (χ1n) is 6.88. The molecular formula is C15H15N3O3. The molecule has 0 amide bonds. The Morgan fingerprint density at radius 3 is 3.00 bits per heavy atom. The summed E-state index contributed by atoms with van der Waals surface area (Å²) in [5.41, 5.74) is 0.817. The number of para-hydroxylation sites is 1. The van der Waals surface area contributed by atoms with Crippen LogP contribution in [0.25, 0.3) is 11.0 Å². The van der Waals surface area contributed by atoms with Crippen molar-refractivity contribution in [2.24, 2.45) is 0 Å². The number of aromatic nitrogens is 3. The maximum absolute atomic E-state index is 6.03. The van der Waals surface area contributed by atoms with Gasteiger partial charge in [-0.25, -0.2) is 9.67 Å². The lowest BCUT2D eigenvalue weighted by Crippen LogP contribution is -2.33.